The van der Waals surface area contributed by atoms with Crippen molar-refractivity contribution < 1.29 is 13.2 Å². The maximum absolute atomic E-state index is 12.8. The first-order valence-corrected chi connectivity index (χ1v) is 9.79. The van der Waals surface area contributed by atoms with Gasteiger partial charge in [-0.15, -0.1) is 0 Å². The Morgan fingerprint density at radius 2 is 1.69 bits per heavy atom. The number of aromatic nitrogens is 2. The van der Waals surface area contributed by atoms with Crippen LogP contribution in [0, 0.1) is 0 Å². The van der Waals surface area contributed by atoms with Gasteiger partial charge in [0.05, 0.1) is 11.9 Å². The highest BCUT2D eigenvalue weighted by Crippen LogP contribution is 2.27. The van der Waals surface area contributed by atoms with Gasteiger partial charge in [0.1, 0.15) is 10.6 Å². The molecule has 6 nitrogen and oxygen atoms in total. The highest BCUT2D eigenvalue weighted by atomic mass is 32.2. The van der Waals surface area contributed by atoms with Crippen LogP contribution in [0.5, 0.6) is 0 Å². The molecule has 0 bridgehead atoms. The van der Waals surface area contributed by atoms with E-state index in [0.717, 1.165) is 11.3 Å². The molecule has 0 spiro atoms. The fourth-order valence-electron chi connectivity index (χ4n) is 2.56. The molecule has 1 aromatic heterocycles. The molecule has 0 radical (unpaired) electrons. The van der Waals surface area contributed by atoms with Crippen LogP contribution in [-0.4, -0.2) is 38.5 Å². The molecule has 7 heteroatoms. The summed E-state index contributed by atoms with van der Waals surface area (Å²) in [5, 5.41) is 4.53. The van der Waals surface area contributed by atoms with Gasteiger partial charge in [-0.1, -0.05) is 48.5 Å². The molecule has 0 fully saturated rings. The van der Waals surface area contributed by atoms with Gasteiger partial charge in [0.2, 0.25) is 10.0 Å². The van der Waals surface area contributed by atoms with Crippen molar-refractivity contribution >= 4 is 10.0 Å². The van der Waals surface area contributed by atoms with Gasteiger partial charge in [-0.25, -0.2) is 17.8 Å². The van der Waals surface area contributed by atoms with E-state index in [1.54, 1.807) is 18.0 Å². The third kappa shape index (κ3) is 4.19. The van der Waals surface area contributed by atoms with Crippen molar-refractivity contribution in [1.82, 2.24) is 14.5 Å². The second-order valence-electron chi connectivity index (χ2n) is 5.73. The van der Waals surface area contributed by atoms with Gasteiger partial charge in [-0.3, -0.25) is 0 Å². The van der Waals surface area contributed by atoms with Gasteiger partial charge >= 0.3 is 0 Å². The molecule has 26 heavy (non-hydrogen) atoms. The van der Waals surface area contributed by atoms with Gasteiger partial charge in [0, 0.05) is 25.8 Å². The number of nitrogens with zero attached hydrogens (tertiary/aromatic N) is 2. The van der Waals surface area contributed by atoms with Crippen LogP contribution in [0.1, 0.15) is 6.42 Å². The SMILES string of the molecule is COCCCNS(=O)(=O)c1cn(-c2ccccc2)nc1-c1ccccc1. The quantitative estimate of drug-likeness (QED) is 0.618. The monoisotopic (exact) mass is 371 g/mol. The van der Waals surface area contributed by atoms with Crippen molar-refractivity contribution in [2.75, 3.05) is 20.3 Å². The van der Waals surface area contributed by atoms with E-state index in [2.05, 4.69) is 9.82 Å². The molecule has 136 valence electrons. The van der Waals surface area contributed by atoms with E-state index in [1.807, 2.05) is 60.7 Å². The topological polar surface area (TPSA) is 73.2 Å². The molecule has 0 aliphatic carbocycles. The highest BCUT2D eigenvalue weighted by molar-refractivity contribution is 7.89. The lowest BCUT2D eigenvalue weighted by Crippen LogP contribution is -2.25. The van der Waals surface area contributed by atoms with Crippen LogP contribution in [0.4, 0.5) is 0 Å². The molecule has 0 atom stereocenters. The summed E-state index contributed by atoms with van der Waals surface area (Å²) in [6.45, 7) is 0.804. The van der Waals surface area contributed by atoms with E-state index < -0.39 is 10.0 Å². The number of hydrogen-bond acceptors (Lipinski definition) is 4. The average molecular weight is 371 g/mol. The van der Waals surface area contributed by atoms with E-state index in [-0.39, 0.29) is 4.90 Å². The minimum Gasteiger partial charge on any atom is -0.385 e. The Balaban J connectivity index is 2.01. The third-order valence-corrected chi connectivity index (χ3v) is 5.32. The fourth-order valence-corrected chi connectivity index (χ4v) is 3.78. The Hall–Kier alpha value is -2.48. The smallest absolute Gasteiger partial charge is 0.244 e. The van der Waals surface area contributed by atoms with Crippen LogP contribution >= 0.6 is 0 Å². The summed E-state index contributed by atoms with van der Waals surface area (Å²) in [6.07, 6.45) is 2.15. The van der Waals surface area contributed by atoms with Crippen LogP contribution in [-0.2, 0) is 14.8 Å². The Labute approximate surface area is 153 Å². The normalized spacial score (nSPS) is 11.6. The summed E-state index contributed by atoms with van der Waals surface area (Å²) in [4.78, 5) is 0.157. The first-order chi connectivity index (χ1) is 12.6. The number of ether oxygens (including phenoxy) is 1. The van der Waals surface area contributed by atoms with E-state index in [9.17, 15) is 8.42 Å². The number of hydrogen-bond donors (Lipinski definition) is 1. The van der Waals surface area contributed by atoms with E-state index in [4.69, 9.17) is 4.74 Å². The zero-order valence-corrected chi connectivity index (χ0v) is 15.3. The summed E-state index contributed by atoms with van der Waals surface area (Å²) in [6, 6.07) is 18.7. The van der Waals surface area contributed by atoms with Crippen molar-refractivity contribution in [3.8, 4) is 16.9 Å². The summed E-state index contributed by atoms with van der Waals surface area (Å²) in [5.41, 5.74) is 1.97. The summed E-state index contributed by atoms with van der Waals surface area (Å²) < 4.78 is 34.8. The Kier molecular flexibility index (Phi) is 5.82. The Bertz CT molecular complexity index is 939. The summed E-state index contributed by atoms with van der Waals surface area (Å²) >= 11 is 0. The highest BCUT2D eigenvalue weighted by Gasteiger charge is 2.23. The van der Waals surface area contributed by atoms with Crippen LogP contribution in [0.3, 0.4) is 0 Å². The van der Waals surface area contributed by atoms with Crippen LogP contribution in [0.15, 0.2) is 71.8 Å². The van der Waals surface area contributed by atoms with Crippen molar-refractivity contribution in [3.63, 3.8) is 0 Å². The molecule has 0 amide bonds. The molecular weight excluding hydrogens is 350 g/mol. The second kappa shape index (κ2) is 8.27. The van der Waals surface area contributed by atoms with Crippen molar-refractivity contribution in [3.05, 3.63) is 66.9 Å². The predicted molar refractivity (Wildman–Crippen MR) is 101 cm³/mol. The van der Waals surface area contributed by atoms with Crippen LogP contribution < -0.4 is 4.72 Å². The first-order valence-electron chi connectivity index (χ1n) is 8.31. The molecule has 1 N–H and O–H groups in total. The van der Waals surface area contributed by atoms with Gasteiger partial charge in [0.15, 0.2) is 0 Å². The minimum atomic E-state index is -3.70. The lowest BCUT2D eigenvalue weighted by Gasteiger charge is -2.06. The Morgan fingerprint density at radius 3 is 2.35 bits per heavy atom. The van der Waals surface area contributed by atoms with Crippen molar-refractivity contribution in [2.24, 2.45) is 0 Å². The van der Waals surface area contributed by atoms with Crippen molar-refractivity contribution in [1.29, 1.82) is 0 Å². The molecule has 0 aliphatic heterocycles. The standard InChI is InChI=1S/C19H21N3O3S/c1-25-14-8-13-20-26(23,24)18-15-22(17-11-6-3-7-12-17)21-19(18)16-9-4-2-5-10-16/h2-7,9-12,15,20H,8,13-14H2,1H3. The number of rotatable bonds is 8. The lowest BCUT2D eigenvalue weighted by atomic mass is 10.2. The molecule has 0 saturated carbocycles. The molecule has 3 rings (SSSR count). The van der Waals surface area contributed by atoms with Gasteiger partial charge in [0.25, 0.3) is 0 Å². The zero-order valence-electron chi connectivity index (χ0n) is 14.5. The fraction of sp³-hybridized carbons (Fsp3) is 0.211. The number of benzene rings is 2. The molecular formula is C19H21N3O3S. The van der Waals surface area contributed by atoms with Crippen molar-refractivity contribution in [2.45, 2.75) is 11.3 Å². The molecule has 0 saturated heterocycles. The van der Waals surface area contributed by atoms with E-state index >= 15 is 0 Å². The maximum Gasteiger partial charge on any atom is 0.244 e. The molecule has 1 heterocycles. The van der Waals surface area contributed by atoms with E-state index in [1.165, 1.54) is 0 Å². The number of nitrogens with one attached hydrogen (secondary N) is 1. The molecule has 0 unspecified atom stereocenters. The van der Waals surface area contributed by atoms with Crippen LogP contribution in [0.25, 0.3) is 16.9 Å². The van der Waals surface area contributed by atoms with Crippen LogP contribution in [0.2, 0.25) is 0 Å². The van der Waals surface area contributed by atoms with Gasteiger partial charge < -0.3 is 4.74 Å². The predicted octanol–water partition coefficient (Wildman–Crippen LogP) is 2.85. The largest absolute Gasteiger partial charge is 0.385 e. The van der Waals surface area contributed by atoms with Gasteiger partial charge in [-0.05, 0) is 18.6 Å². The number of para-hydroxylation sites is 1. The maximum atomic E-state index is 12.8. The lowest BCUT2D eigenvalue weighted by molar-refractivity contribution is 0.196. The van der Waals surface area contributed by atoms with E-state index in [0.29, 0.717) is 25.3 Å². The molecule has 2 aromatic carbocycles. The average Bonchev–Trinajstić information content (AvgIpc) is 3.13. The van der Waals surface area contributed by atoms with Gasteiger partial charge in [-0.2, -0.15) is 5.10 Å². The summed E-state index contributed by atoms with van der Waals surface area (Å²) in [5.74, 6) is 0. The minimum absolute atomic E-state index is 0.157. The summed E-state index contributed by atoms with van der Waals surface area (Å²) in [7, 11) is -2.11. The number of sulfonamides is 1. The second-order valence-corrected chi connectivity index (χ2v) is 7.47. The molecule has 0 aliphatic rings. The zero-order chi connectivity index (χ0) is 18.4. The first kappa shape index (κ1) is 18.3. The Morgan fingerprint density at radius 1 is 1.04 bits per heavy atom. The number of methoxy groups -OCH3 is 1. The molecule has 3 aromatic rings. The third-order valence-electron chi connectivity index (χ3n) is 3.86.